The van der Waals surface area contributed by atoms with Crippen LogP contribution in [0.15, 0.2) is 22.2 Å². The Bertz CT molecular complexity index is 596. The van der Waals surface area contributed by atoms with Crippen molar-refractivity contribution in [2.45, 2.75) is 28.9 Å². The Morgan fingerprint density at radius 3 is 2.83 bits per heavy atom. The van der Waals surface area contributed by atoms with Crippen molar-refractivity contribution in [3.05, 3.63) is 23.8 Å². The third-order valence-electron chi connectivity index (χ3n) is 2.63. The molecule has 1 aliphatic carbocycles. The molecule has 3 rings (SSSR count). The summed E-state index contributed by atoms with van der Waals surface area (Å²) in [4.78, 5) is 0.0201. The molecule has 1 heterocycles. The molecule has 0 aliphatic heterocycles. The number of rotatable bonds is 3. The van der Waals surface area contributed by atoms with E-state index in [2.05, 4.69) is 15.5 Å². The molecule has 2 N–H and O–H groups in total. The third kappa shape index (κ3) is 1.92. The fraction of sp³-hybridized carbons (Fsp3) is 0.300. The molecule has 8 heteroatoms. The highest BCUT2D eigenvalue weighted by atomic mass is 32.2. The lowest BCUT2D eigenvalue weighted by atomic mass is 10.3. The smallest absolute Gasteiger partial charge is 0.214 e. The van der Waals surface area contributed by atoms with Gasteiger partial charge in [-0.1, -0.05) is 0 Å². The Hall–Kier alpha value is -1.70. The van der Waals surface area contributed by atoms with Gasteiger partial charge in [-0.2, -0.15) is 0 Å². The molecular weight excluding hydrogens is 260 g/mol. The standard InChI is InChI=1S/C10H9F2N5S/c11-6-3-4-7(13)9(8(6)12)18-10-14-15-16-17(10)5-1-2-5/h3-5H,1-2,13H2. The molecule has 1 fully saturated rings. The minimum Gasteiger partial charge on any atom is -0.398 e. The van der Waals surface area contributed by atoms with Crippen molar-refractivity contribution in [3.63, 3.8) is 0 Å². The monoisotopic (exact) mass is 269 g/mol. The van der Waals surface area contributed by atoms with Crippen LogP contribution in [0, 0.1) is 11.6 Å². The van der Waals surface area contributed by atoms with Crippen LogP contribution in [0.2, 0.25) is 0 Å². The largest absolute Gasteiger partial charge is 0.398 e. The zero-order chi connectivity index (χ0) is 12.7. The highest BCUT2D eigenvalue weighted by molar-refractivity contribution is 7.99. The predicted octanol–water partition coefficient (Wildman–Crippen LogP) is 2.02. The molecule has 18 heavy (non-hydrogen) atoms. The van der Waals surface area contributed by atoms with Crippen LogP contribution in [0.4, 0.5) is 14.5 Å². The lowest BCUT2D eigenvalue weighted by Gasteiger charge is -2.06. The van der Waals surface area contributed by atoms with Gasteiger partial charge in [0.2, 0.25) is 5.16 Å². The molecule has 0 amide bonds. The molecule has 1 saturated carbocycles. The van der Waals surface area contributed by atoms with Crippen LogP contribution in [0.3, 0.4) is 0 Å². The second kappa shape index (κ2) is 4.20. The number of hydrogen-bond donors (Lipinski definition) is 1. The van der Waals surface area contributed by atoms with Crippen molar-refractivity contribution in [1.82, 2.24) is 20.2 Å². The maximum absolute atomic E-state index is 13.6. The minimum atomic E-state index is -0.967. The Kier molecular flexibility index (Phi) is 2.66. The van der Waals surface area contributed by atoms with Crippen molar-refractivity contribution in [3.8, 4) is 0 Å². The molecule has 2 aromatic rings. The van der Waals surface area contributed by atoms with E-state index >= 15 is 0 Å². The van der Waals surface area contributed by atoms with Crippen molar-refractivity contribution in [2.24, 2.45) is 0 Å². The van der Waals surface area contributed by atoms with Crippen LogP contribution >= 0.6 is 11.8 Å². The Labute approximate surface area is 105 Å². The van der Waals surface area contributed by atoms with Crippen LogP contribution in [-0.4, -0.2) is 20.2 Å². The van der Waals surface area contributed by atoms with Gasteiger partial charge in [0.25, 0.3) is 0 Å². The average Bonchev–Trinajstić information content (AvgIpc) is 3.10. The highest BCUT2D eigenvalue weighted by Crippen LogP contribution is 2.40. The summed E-state index contributed by atoms with van der Waals surface area (Å²) in [6.07, 6.45) is 2.00. The molecular formula is C10H9F2N5S. The molecule has 5 nitrogen and oxygen atoms in total. The maximum Gasteiger partial charge on any atom is 0.214 e. The number of tetrazole rings is 1. The number of nitrogen functional groups attached to an aromatic ring is 1. The van der Waals surface area contributed by atoms with E-state index in [0.717, 1.165) is 30.7 Å². The SMILES string of the molecule is Nc1ccc(F)c(F)c1Sc1nnnn1C1CC1. The topological polar surface area (TPSA) is 69.6 Å². The van der Waals surface area contributed by atoms with E-state index in [0.29, 0.717) is 5.16 Å². The second-order valence-electron chi connectivity index (χ2n) is 4.02. The number of aromatic nitrogens is 4. The number of nitrogens with zero attached hydrogens (tertiary/aromatic N) is 4. The molecule has 0 atom stereocenters. The number of benzene rings is 1. The summed E-state index contributed by atoms with van der Waals surface area (Å²) in [7, 11) is 0. The lowest BCUT2D eigenvalue weighted by molar-refractivity contribution is 0.492. The van der Waals surface area contributed by atoms with E-state index in [4.69, 9.17) is 5.73 Å². The molecule has 0 spiro atoms. The number of hydrogen-bond acceptors (Lipinski definition) is 5. The first-order valence-electron chi connectivity index (χ1n) is 5.36. The molecule has 0 unspecified atom stereocenters. The van der Waals surface area contributed by atoms with E-state index in [9.17, 15) is 8.78 Å². The normalized spacial score (nSPS) is 15.0. The van der Waals surface area contributed by atoms with Gasteiger partial charge in [-0.05, 0) is 47.2 Å². The van der Waals surface area contributed by atoms with E-state index in [1.54, 1.807) is 4.68 Å². The van der Waals surface area contributed by atoms with E-state index < -0.39 is 11.6 Å². The van der Waals surface area contributed by atoms with E-state index in [1.165, 1.54) is 6.07 Å². The van der Waals surface area contributed by atoms with Gasteiger partial charge in [-0.3, -0.25) is 0 Å². The summed E-state index contributed by atoms with van der Waals surface area (Å²) < 4.78 is 28.4. The Balaban J connectivity index is 1.96. The van der Waals surface area contributed by atoms with Gasteiger partial charge >= 0.3 is 0 Å². The lowest BCUT2D eigenvalue weighted by Crippen LogP contribution is -2.01. The van der Waals surface area contributed by atoms with Gasteiger partial charge in [0, 0.05) is 5.69 Å². The van der Waals surface area contributed by atoms with Crippen molar-refractivity contribution >= 4 is 17.4 Å². The summed E-state index contributed by atoms with van der Waals surface area (Å²) >= 11 is 0.943. The summed E-state index contributed by atoms with van der Waals surface area (Å²) in [6.45, 7) is 0. The summed E-state index contributed by atoms with van der Waals surface area (Å²) in [5.74, 6) is -1.90. The predicted molar refractivity (Wildman–Crippen MR) is 61.0 cm³/mol. The summed E-state index contributed by atoms with van der Waals surface area (Å²) in [6, 6.07) is 2.59. The fourth-order valence-corrected chi connectivity index (χ4v) is 2.45. The van der Waals surface area contributed by atoms with Crippen LogP contribution < -0.4 is 5.73 Å². The van der Waals surface area contributed by atoms with Gasteiger partial charge in [0.05, 0.1) is 10.9 Å². The third-order valence-corrected chi connectivity index (χ3v) is 3.70. The molecule has 1 aromatic heterocycles. The minimum absolute atomic E-state index is 0.0201. The highest BCUT2D eigenvalue weighted by Gasteiger charge is 2.29. The summed E-state index contributed by atoms with van der Waals surface area (Å²) in [5, 5.41) is 11.6. The van der Waals surface area contributed by atoms with E-state index in [1.807, 2.05) is 0 Å². The van der Waals surface area contributed by atoms with E-state index in [-0.39, 0.29) is 16.6 Å². The molecule has 0 bridgehead atoms. The van der Waals surface area contributed by atoms with Crippen LogP contribution in [0.5, 0.6) is 0 Å². The van der Waals surface area contributed by atoms with Crippen LogP contribution in [0.25, 0.3) is 0 Å². The first kappa shape index (κ1) is 11.4. The fourth-order valence-electron chi connectivity index (χ4n) is 1.54. The average molecular weight is 269 g/mol. The van der Waals surface area contributed by atoms with Crippen LogP contribution in [0.1, 0.15) is 18.9 Å². The first-order valence-corrected chi connectivity index (χ1v) is 6.17. The Morgan fingerprint density at radius 2 is 2.11 bits per heavy atom. The zero-order valence-corrected chi connectivity index (χ0v) is 9.99. The molecule has 1 aliphatic rings. The molecule has 94 valence electrons. The van der Waals surface area contributed by atoms with Crippen molar-refractivity contribution < 1.29 is 8.78 Å². The van der Waals surface area contributed by atoms with Gasteiger partial charge < -0.3 is 5.73 Å². The van der Waals surface area contributed by atoms with Gasteiger partial charge in [-0.15, -0.1) is 5.10 Å². The summed E-state index contributed by atoms with van der Waals surface area (Å²) in [5.41, 5.74) is 5.81. The van der Waals surface area contributed by atoms with Crippen LogP contribution in [-0.2, 0) is 0 Å². The first-order chi connectivity index (χ1) is 8.66. The number of halogens is 2. The van der Waals surface area contributed by atoms with Gasteiger partial charge in [-0.25, -0.2) is 13.5 Å². The second-order valence-corrected chi connectivity index (χ2v) is 5.00. The number of anilines is 1. The van der Waals surface area contributed by atoms with Gasteiger partial charge in [0.1, 0.15) is 0 Å². The number of nitrogens with two attached hydrogens (primary N) is 1. The maximum atomic E-state index is 13.6. The molecule has 1 aromatic carbocycles. The zero-order valence-electron chi connectivity index (χ0n) is 9.18. The molecule has 0 radical (unpaired) electrons. The van der Waals surface area contributed by atoms with Gasteiger partial charge in [0.15, 0.2) is 11.6 Å². The Morgan fingerprint density at radius 1 is 1.33 bits per heavy atom. The van der Waals surface area contributed by atoms with Crippen molar-refractivity contribution in [2.75, 3.05) is 5.73 Å². The molecule has 0 saturated heterocycles. The quantitative estimate of drug-likeness (QED) is 0.863. The van der Waals surface area contributed by atoms with Crippen molar-refractivity contribution in [1.29, 1.82) is 0 Å².